The van der Waals surface area contributed by atoms with E-state index in [1.165, 1.54) is 14.2 Å². The summed E-state index contributed by atoms with van der Waals surface area (Å²) in [7, 11) is 2.54. The Morgan fingerprint density at radius 2 is 1.46 bits per heavy atom. The number of methoxy groups -OCH3 is 2. The van der Waals surface area contributed by atoms with Crippen LogP contribution in [0, 0.1) is 5.92 Å². The number of nitrogens with zero attached hydrogens (tertiary/aromatic N) is 4. The molecule has 3 atom stereocenters. The second-order valence-corrected chi connectivity index (χ2v) is 13.7. The van der Waals surface area contributed by atoms with E-state index in [0.29, 0.717) is 24.8 Å². The van der Waals surface area contributed by atoms with Gasteiger partial charge in [0.2, 0.25) is 11.8 Å². The minimum absolute atomic E-state index is 0.105. The Morgan fingerprint density at radius 1 is 0.833 bits per heavy atom. The highest BCUT2D eigenvalue weighted by Crippen LogP contribution is 2.49. The van der Waals surface area contributed by atoms with Crippen molar-refractivity contribution in [2.75, 3.05) is 33.9 Å². The first-order valence-electron chi connectivity index (χ1n) is 18.2. The minimum atomic E-state index is -0.647. The maximum Gasteiger partial charge on any atom is 0.407 e. The Kier molecular flexibility index (Phi) is 10.6. The van der Waals surface area contributed by atoms with Gasteiger partial charge in [-0.15, -0.1) is 0 Å². The first-order valence-corrected chi connectivity index (χ1v) is 18.2. The number of carbonyl (C=O) groups excluding carboxylic acids is 4. The molecule has 1 aliphatic heterocycles. The zero-order valence-corrected chi connectivity index (χ0v) is 30.6. The Morgan fingerprint density at radius 3 is 2.13 bits per heavy atom. The summed E-state index contributed by atoms with van der Waals surface area (Å²) in [6.07, 6.45) is 4.28. The Bertz CT molecular complexity index is 2140. The Labute approximate surface area is 312 Å². The molecule has 1 saturated carbocycles. The van der Waals surface area contributed by atoms with Crippen molar-refractivity contribution in [3.63, 3.8) is 0 Å². The number of nitrogens with one attached hydrogen (secondary N) is 4. The molecular formula is C40H44N8O6. The van der Waals surface area contributed by atoms with Crippen molar-refractivity contribution < 1.29 is 28.7 Å². The first kappa shape index (κ1) is 36.2. The number of aromatic amines is 2. The zero-order valence-electron chi connectivity index (χ0n) is 30.6. The van der Waals surface area contributed by atoms with Crippen molar-refractivity contribution in [3.8, 4) is 33.5 Å². The number of amides is 4. The topological polar surface area (TPSA) is 175 Å². The number of piperidine rings is 1. The number of H-pyrrole nitrogens is 2. The molecule has 280 valence electrons. The molecule has 2 fully saturated rings. The van der Waals surface area contributed by atoms with Crippen LogP contribution in [-0.2, 0) is 25.6 Å². The molecule has 0 unspecified atom stereocenters. The van der Waals surface area contributed by atoms with E-state index in [0.717, 1.165) is 76.1 Å². The number of benzene rings is 3. The number of ether oxygens (including phenoxy) is 2. The monoisotopic (exact) mass is 732 g/mol. The number of imidazole rings is 2. The number of carbonyl (C=O) groups is 4. The van der Waals surface area contributed by atoms with Gasteiger partial charge in [-0.25, -0.2) is 19.6 Å². The highest BCUT2D eigenvalue weighted by Gasteiger charge is 2.49. The Hall–Kier alpha value is -6.18. The van der Waals surface area contributed by atoms with E-state index in [-0.39, 0.29) is 37.0 Å². The quantitative estimate of drug-likeness (QED) is 0.125. The van der Waals surface area contributed by atoms with Gasteiger partial charge in [-0.2, -0.15) is 0 Å². The van der Waals surface area contributed by atoms with Crippen molar-refractivity contribution in [1.29, 1.82) is 0 Å². The number of alkyl carbamates (subject to hydrolysis) is 2. The summed E-state index contributed by atoms with van der Waals surface area (Å²) in [4.78, 5) is 68.7. The minimum Gasteiger partial charge on any atom is -0.453 e. The van der Waals surface area contributed by atoms with Crippen molar-refractivity contribution in [1.82, 2.24) is 40.4 Å². The SMILES string of the molecule is CCCN(Cc1nc2ccc(-c3ccc(-c4ccc(-c5cnc([C@@H]6[C@H]7CC[C@H](C7)N6C(=O)CNC(=O)OC)[nH]5)cc4)cc3)cc2[nH]1)C(=O)CNC(=O)OC. The predicted molar refractivity (Wildman–Crippen MR) is 202 cm³/mol. The fourth-order valence-corrected chi connectivity index (χ4v) is 7.73. The van der Waals surface area contributed by atoms with Crippen molar-refractivity contribution >= 4 is 35.0 Å². The lowest BCUT2D eigenvalue weighted by atomic mass is 9.98. The van der Waals surface area contributed by atoms with E-state index < -0.39 is 12.2 Å². The lowest BCUT2D eigenvalue weighted by molar-refractivity contribution is -0.135. The van der Waals surface area contributed by atoms with Crippen LogP contribution >= 0.6 is 0 Å². The summed E-state index contributed by atoms with van der Waals surface area (Å²) in [6, 6.07) is 22.8. The summed E-state index contributed by atoms with van der Waals surface area (Å²) >= 11 is 0. The second kappa shape index (κ2) is 15.8. The Balaban J connectivity index is 1.00. The van der Waals surface area contributed by atoms with Gasteiger partial charge in [-0.3, -0.25) is 9.59 Å². The smallest absolute Gasteiger partial charge is 0.407 e. The number of hydrogen-bond donors (Lipinski definition) is 4. The third-order valence-electron chi connectivity index (χ3n) is 10.4. The molecule has 1 aliphatic carbocycles. The molecule has 4 amide bonds. The molecule has 2 bridgehead atoms. The highest BCUT2D eigenvalue weighted by molar-refractivity contribution is 5.85. The van der Waals surface area contributed by atoms with Gasteiger partial charge in [-0.1, -0.05) is 61.5 Å². The largest absolute Gasteiger partial charge is 0.453 e. The number of fused-ring (bicyclic) bond motifs is 3. The van der Waals surface area contributed by atoms with Crippen LogP contribution in [0.4, 0.5) is 9.59 Å². The number of likely N-dealkylation sites (tertiary alicyclic amines) is 1. The molecule has 7 rings (SSSR count). The van der Waals surface area contributed by atoms with Gasteiger partial charge >= 0.3 is 12.2 Å². The zero-order chi connectivity index (χ0) is 37.8. The normalized spacial score (nSPS) is 17.4. The third kappa shape index (κ3) is 7.63. The average molecular weight is 733 g/mol. The van der Waals surface area contributed by atoms with Crippen LogP contribution in [-0.4, -0.2) is 93.6 Å². The van der Waals surface area contributed by atoms with E-state index in [9.17, 15) is 19.2 Å². The van der Waals surface area contributed by atoms with Crippen LogP contribution < -0.4 is 10.6 Å². The van der Waals surface area contributed by atoms with Gasteiger partial charge in [0.05, 0.1) is 49.7 Å². The standard InChI is InChI=1S/C40H44N8O6/c1-4-17-47(35(49)21-42-39(51)53-2)23-34-44-31-16-14-28(19-32(31)45-34)26-7-5-24(6-8-26)25-9-11-27(12-10-25)33-20-41-38(46-33)37-29-13-15-30(18-29)48(37)36(50)22-43-40(52)54-3/h5-12,14,16,19-20,29-30,37H,4,13,15,17-18,21-23H2,1-3H3,(H,41,46)(H,42,51)(H,43,52)(H,44,45)/t29-,30+,37-/m0/s1. The molecule has 14 nitrogen and oxygen atoms in total. The first-order chi connectivity index (χ1) is 26.2. The maximum atomic E-state index is 13.1. The predicted octanol–water partition coefficient (Wildman–Crippen LogP) is 5.79. The molecule has 1 saturated heterocycles. The number of rotatable bonds is 12. The molecule has 54 heavy (non-hydrogen) atoms. The molecule has 14 heteroatoms. The maximum absolute atomic E-state index is 13.1. The van der Waals surface area contributed by atoms with Gasteiger partial charge in [0.25, 0.3) is 0 Å². The molecular weight excluding hydrogens is 688 g/mol. The van der Waals surface area contributed by atoms with Gasteiger partial charge in [0, 0.05) is 12.6 Å². The van der Waals surface area contributed by atoms with Crippen LogP contribution in [0.3, 0.4) is 0 Å². The molecule has 3 aromatic carbocycles. The van der Waals surface area contributed by atoms with Gasteiger partial charge < -0.3 is 39.9 Å². The van der Waals surface area contributed by atoms with Crippen LogP contribution in [0.25, 0.3) is 44.5 Å². The average Bonchev–Trinajstić information content (AvgIpc) is 4.03. The fourth-order valence-electron chi connectivity index (χ4n) is 7.73. The number of aromatic nitrogens is 4. The van der Waals surface area contributed by atoms with Gasteiger partial charge in [0.1, 0.15) is 24.7 Å². The molecule has 5 aromatic rings. The highest BCUT2D eigenvalue weighted by atomic mass is 16.5. The third-order valence-corrected chi connectivity index (χ3v) is 10.4. The van der Waals surface area contributed by atoms with Crippen LogP contribution in [0.1, 0.15) is 50.3 Å². The van der Waals surface area contributed by atoms with E-state index in [2.05, 4.69) is 84.7 Å². The summed E-state index contributed by atoms with van der Waals surface area (Å²) in [6.45, 7) is 2.57. The van der Waals surface area contributed by atoms with Crippen LogP contribution in [0.5, 0.6) is 0 Å². The lowest BCUT2D eigenvalue weighted by Gasteiger charge is -2.34. The van der Waals surface area contributed by atoms with Gasteiger partial charge in [0.15, 0.2) is 0 Å². The molecule has 0 spiro atoms. The molecule has 2 aromatic heterocycles. The van der Waals surface area contributed by atoms with E-state index in [4.69, 9.17) is 9.97 Å². The molecule has 0 radical (unpaired) electrons. The van der Waals surface area contributed by atoms with Crippen molar-refractivity contribution in [2.24, 2.45) is 5.92 Å². The summed E-state index contributed by atoms with van der Waals surface area (Å²) in [5.74, 6) is 1.43. The number of hydrogen-bond acceptors (Lipinski definition) is 8. The second-order valence-electron chi connectivity index (χ2n) is 13.7. The summed E-state index contributed by atoms with van der Waals surface area (Å²) in [5, 5.41) is 4.97. The van der Waals surface area contributed by atoms with Crippen molar-refractivity contribution in [3.05, 3.63) is 84.6 Å². The van der Waals surface area contributed by atoms with E-state index in [1.54, 1.807) is 4.90 Å². The fraction of sp³-hybridized carbons (Fsp3) is 0.350. The van der Waals surface area contributed by atoms with E-state index >= 15 is 0 Å². The lowest BCUT2D eigenvalue weighted by Crippen LogP contribution is -2.45. The van der Waals surface area contributed by atoms with Crippen LogP contribution in [0.15, 0.2) is 72.9 Å². The summed E-state index contributed by atoms with van der Waals surface area (Å²) in [5.41, 5.74) is 7.81. The molecule has 4 N–H and O–H groups in total. The van der Waals surface area contributed by atoms with Crippen molar-refractivity contribution in [2.45, 2.75) is 51.2 Å². The molecule has 3 heterocycles. The van der Waals surface area contributed by atoms with E-state index in [1.807, 2.05) is 30.2 Å². The summed E-state index contributed by atoms with van der Waals surface area (Å²) < 4.78 is 9.21. The van der Waals surface area contributed by atoms with Crippen LogP contribution in [0.2, 0.25) is 0 Å². The molecule has 2 aliphatic rings. The van der Waals surface area contributed by atoms with Gasteiger partial charge in [-0.05, 0) is 71.6 Å².